The lowest BCUT2D eigenvalue weighted by Gasteiger charge is -2.16. The zero-order valence-corrected chi connectivity index (χ0v) is 18.2. The quantitative estimate of drug-likeness (QED) is 0.423. The first-order valence-electron chi connectivity index (χ1n) is 10.1. The average Bonchev–Trinajstić information content (AvgIpc) is 2.72. The number of nitrogens with zero attached hydrogens (tertiary/aromatic N) is 2. The van der Waals surface area contributed by atoms with Crippen LogP contribution < -0.4 is 10.9 Å². The number of hydrogen-bond acceptors (Lipinski definition) is 4. The van der Waals surface area contributed by atoms with Crippen LogP contribution in [0.1, 0.15) is 33.6 Å². The molecule has 0 fully saturated rings. The van der Waals surface area contributed by atoms with Crippen molar-refractivity contribution in [3.63, 3.8) is 0 Å². The number of carbonyl (C=O) groups excluding carboxylic acids is 1. The summed E-state index contributed by atoms with van der Waals surface area (Å²) in [5, 5.41) is 3.66. The number of nitrogens with one attached hydrogen (secondary N) is 1. The summed E-state index contributed by atoms with van der Waals surface area (Å²) in [5.74, 6) is 0.00499. The fraction of sp³-hybridized carbons (Fsp3) is 0.348. The Morgan fingerprint density at radius 1 is 1.10 bits per heavy atom. The van der Waals surface area contributed by atoms with Gasteiger partial charge in [-0.15, -0.1) is 0 Å². The van der Waals surface area contributed by atoms with Crippen LogP contribution in [0.25, 0.3) is 16.6 Å². The van der Waals surface area contributed by atoms with Gasteiger partial charge >= 0.3 is 0 Å². The molecule has 2 aromatic carbocycles. The fourth-order valence-electron chi connectivity index (χ4n) is 3.16. The Kier molecular flexibility index (Phi) is 7.26. The van der Waals surface area contributed by atoms with E-state index in [1.54, 1.807) is 36.4 Å². The van der Waals surface area contributed by atoms with E-state index in [4.69, 9.17) is 0 Å². The normalized spacial score (nSPS) is 12.3. The second kappa shape index (κ2) is 9.89. The van der Waals surface area contributed by atoms with Gasteiger partial charge in [0.25, 0.3) is 5.56 Å². The third-order valence-corrected chi connectivity index (χ3v) is 5.69. The first kappa shape index (κ1) is 22.0. The Hall–Kier alpha value is -2.67. The number of rotatable bonds is 8. The summed E-state index contributed by atoms with van der Waals surface area (Å²) >= 11 is 1.13. The van der Waals surface area contributed by atoms with Gasteiger partial charge in [0.05, 0.1) is 22.3 Å². The van der Waals surface area contributed by atoms with Gasteiger partial charge in [-0.2, -0.15) is 0 Å². The second-order valence-corrected chi connectivity index (χ2v) is 8.67. The van der Waals surface area contributed by atoms with E-state index in [0.717, 1.165) is 24.6 Å². The molecule has 0 aliphatic rings. The fourth-order valence-corrected chi connectivity index (χ4v) is 3.97. The van der Waals surface area contributed by atoms with Gasteiger partial charge in [-0.25, -0.2) is 9.37 Å². The van der Waals surface area contributed by atoms with Gasteiger partial charge in [0.15, 0.2) is 5.16 Å². The van der Waals surface area contributed by atoms with Crippen LogP contribution in [0.15, 0.2) is 58.5 Å². The van der Waals surface area contributed by atoms with Crippen molar-refractivity contribution >= 4 is 28.6 Å². The van der Waals surface area contributed by atoms with Gasteiger partial charge in [-0.3, -0.25) is 14.2 Å². The molecule has 5 nitrogen and oxygen atoms in total. The highest BCUT2D eigenvalue weighted by molar-refractivity contribution is 7.99. The van der Waals surface area contributed by atoms with Crippen molar-refractivity contribution < 1.29 is 9.18 Å². The van der Waals surface area contributed by atoms with Crippen LogP contribution in [0.3, 0.4) is 0 Å². The van der Waals surface area contributed by atoms with Crippen molar-refractivity contribution in [2.75, 3.05) is 5.75 Å². The van der Waals surface area contributed by atoms with Crippen molar-refractivity contribution in [3.05, 3.63) is 64.7 Å². The van der Waals surface area contributed by atoms with E-state index in [9.17, 15) is 14.0 Å². The van der Waals surface area contributed by atoms with Crippen LogP contribution in [-0.4, -0.2) is 27.3 Å². The number of amides is 1. The Morgan fingerprint density at radius 3 is 2.53 bits per heavy atom. The summed E-state index contributed by atoms with van der Waals surface area (Å²) in [6.45, 7) is 6.28. The SMILES string of the molecule is CC(C)CCC(C)NC(=O)CSc1nc2ccccc2c(=O)n1-c1ccccc1F. The molecule has 1 atom stereocenters. The highest BCUT2D eigenvalue weighted by Gasteiger charge is 2.17. The standard InChI is InChI=1S/C23H26FN3O2S/c1-15(2)12-13-16(3)25-21(28)14-30-23-26-19-10-6-4-8-17(19)22(29)27(23)20-11-7-5-9-18(20)24/h4-11,15-16H,12-14H2,1-3H3,(H,25,28). The molecule has 1 amide bonds. The number of benzene rings is 2. The highest BCUT2D eigenvalue weighted by atomic mass is 32.2. The summed E-state index contributed by atoms with van der Waals surface area (Å²) in [7, 11) is 0. The molecule has 7 heteroatoms. The van der Waals surface area contributed by atoms with E-state index >= 15 is 0 Å². The summed E-state index contributed by atoms with van der Waals surface area (Å²) in [4.78, 5) is 30.1. The molecule has 0 saturated carbocycles. The number of hydrogen-bond donors (Lipinski definition) is 1. The largest absolute Gasteiger partial charge is 0.353 e. The lowest BCUT2D eigenvalue weighted by molar-refractivity contribution is -0.119. The molecule has 0 bridgehead atoms. The van der Waals surface area contributed by atoms with E-state index in [0.29, 0.717) is 16.8 Å². The molecule has 0 aliphatic carbocycles. The van der Waals surface area contributed by atoms with Crippen LogP contribution in [0.4, 0.5) is 4.39 Å². The summed E-state index contributed by atoms with van der Waals surface area (Å²) < 4.78 is 15.7. The van der Waals surface area contributed by atoms with E-state index < -0.39 is 5.82 Å². The zero-order chi connectivity index (χ0) is 21.7. The number of fused-ring (bicyclic) bond motifs is 1. The van der Waals surface area contributed by atoms with Gasteiger partial charge in [-0.05, 0) is 49.9 Å². The zero-order valence-electron chi connectivity index (χ0n) is 17.4. The number of thioether (sulfide) groups is 1. The molecule has 30 heavy (non-hydrogen) atoms. The Labute approximate surface area is 179 Å². The van der Waals surface area contributed by atoms with Gasteiger partial charge < -0.3 is 5.32 Å². The van der Waals surface area contributed by atoms with Gasteiger partial charge in [0.2, 0.25) is 5.91 Å². The molecule has 0 spiro atoms. The molecule has 158 valence electrons. The number of aromatic nitrogens is 2. The first-order chi connectivity index (χ1) is 14.4. The predicted octanol–water partition coefficient (Wildman–Crippen LogP) is 4.56. The maximum Gasteiger partial charge on any atom is 0.266 e. The molecule has 0 radical (unpaired) electrons. The molecule has 0 aliphatic heterocycles. The lowest BCUT2D eigenvalue weighted by Crippen LogP contribution is -2.34. The maximum absolute atomic E-state index is 14.5. The predicted molar refractivity (Wildman–Crippen MR) is 120 cm³/mol. The summed E-state index contributed by atoms with van der Waals surface area (Å²) in [6, 6.07) is 13.1. The molecule has 1 aromatic heterocycles. The van der Waals surface area contributed by atoms with E-state index in [1.165, 1.54) is 16.7 Å². The third kappa shape index (κ3) is 5.27. The van der Waals surface area contributed by atoms with E-state index in [2.05, 4.69) is 24.1 Å². The van der Waals surface area contributed by atoms with Crippen molar-refractivity contribution in [1.82, 2.24) is 14.9 Å². The Morgan fingerprint density at radius 2 is 1.80 bits per heavy atom. The second-order valence-electron chi connectivity index (χ2n) is 7.73. The van der Waals surface area contributed by atoms with Crippen LogP contribution in [0.5, 0.6) is 0 Å². The van der Waals surface area contributed by atoms with Gasteiger partial charge in [0.1, 0.15) is 5.82 Å². The Balaban J connectivity index is 1.88. The summed E-state index contributed by atoms with van der Waals surface area (Å²) in [6.07, 6.45) is 1.94. The minimum absolute atomic E-state index is 0.0684. The molecule has 3 aromatic rings. The van der Waals surface area contributed by atoms with E-state index in [1.807, 2.05) is 6.92 Å². The van der Waals surface area contributed by atoms with Crippen molar-refractivity contribution in [2.24, 2.45) is 5.92 Å². The smallest absolute Gasteiger partial charge is 0.266 e. The van der Waals surface area contributed by atoms with Crippen LogP contribution in [-0.2, 0) is 4.79 Å². The third-order valence-electron chi connectivity index (χ3n) is 4.76. The molecule has 1 unspecified atom stereocenters. The molecular weight excluding hydrogens is 401 g/mol. The van der Waals surface area contributed by atoms with Crippen molar-refractivity contribution in [3.8, 4) is 5.69 Å². The van der Waals surface area contributed by atoms with Crippen molar-refractivity contribution in [2.45, 2.75) is 44.8 Å². The van der Waals surface area contributed by atoms with Gasteiger partial charge in [-0.1, -0.05) is 49.9 Å². The Bertz CT molecular complexity index is 1100. The molecular formula is C23H26FN3O2S. The molecule has 1 heterocycles. The van der Waals surface area contributed by atoms with E-state index in [-0.39, 0.29) is 34.1 Å². The maximum atomic E-state index is 14.5. The first-order valence-corrected chi connectivity index (χ1v) is 11.0. The lowest BCUT2D eigenvalue weighted by atomic mass is 10.0. The average molecular weight is 428 g/mol. The molecule has 1 N–H and O–H groups in total. The topological polar surface area (TPSA) is 64.0 Å². The molecule has 0 saturated heterocycles. The molecule has 3 rings (SSSR count). The number of para-hydroxylation sites is 2. The van der Waals surface area contributed by atoms with Crippen LogP contribution in [0, 0.1) is 11.7 Å². The number of halogens is 1. The van der Waals surface area contributed by atoms with Crippen LogP contribution >= 0.6 is 11.8 Å². The van der Waals surface area contributed by atoms with Crippen LogP contribution in [0.2, 0.25) is 0 Å². The highest BCUT2D eigenvalue weighted by Crippen LogP contribution is 2.22. The van der Waals surface area contributed by atoms with Gasteiger partial charge in [0, 0.05) is 6.04 Å². The number of carbonyl (C=O) groups is 1. The minimum atomic E-state index is -0.523. The summed E-state index contributed by atoms with van der Waals surface area (Å²) in [5.41, 5.74) is 0.274. The minimum Gasteiger partial charge on any atom is -0.353 e. The van der Waals surface area contributed by atoms with Crippen molar-refractivity contribution in [1.29, 1.82) is 0 Å². The monoisotopic (exact) mass is 427 g/mol.